The minimum atomic E-state index is -0.646. The minimum Gasteiger partial charge on any atom is -0.481 e. The molecule has 2 aromatic carbocycles. The average Bonchev–Trinajstić information content (AvgIpc) is 2.65. The molecular formula is C23H30N2O3. The van der Waals surface area contributed by atoms with Gasteiger partial charge in [-0.15, -0.1) is 0 Å². The Kier molecular flexibility index (Phi) is 7.61. The largest absolute Gasteiger partial charge is 0.481 e. The van der Waals surface area contributed by atoms with Crippen LogP contribution in [0.2, 0.25) is 0 Å². The maximum atomic E-state index is 12.8. The first-order valence-corrected chi connectivity index (χ1v) is 9.79. The van der Waals surface area contributed by atoms with E-state index >= 15 is 0 Å². The second-order valence-corrected chi connectivity index (χ2v) is 7.16. The Balaban J connectivity index is 2.15. The number of amides is 2. The van der Waals surface area contributed by atoms with E-state index in [9.17, 15) is 9.59 Å². The zero-order valence-electron chi connectivity index (χ0n) is 17.3. The normalized spacial score (nSPS) is 12.8. The number of carbonyl (C=O) groups excluding carboxylic acids is 2. The lowest BCUT2D eigenvalue weighted by Gasteiger charge is -2.19. The molecule has 0 fully saturated rings. The molecule has 2 N–H and O–H groups in total. The van der Waals surface area contributed by atoms with E-state index in [4.69, 9.17) is 4.74 Å². The van der Waals surface area contributed by atoms with Crippen LogP contribution < -0.4 is 15.4 Å². The first kappa shape index (κ1) is 21.5. The van der Waals surface area contributed by atoms with Crippen molar-refractivity contribution in [1.29, 1.82) is 0 Å². The summed E-state index contributed by atoms with van der Waals surface area (Å²) in [5.74, 6) is 0.196. The predicted molar refractivity (Wildman–Crippen MR) is 113 cm³/mol. The number of ether oxygens (including phenoxy) is 1. The SMILES string of the molecule is CC[C@H](Oc1cc(C)cc(C)c1)C(=O)Nc1ccccc1C(=O)N[C@@H](C)CC. The van der Waals surface area contributed by atoms with Crippen molar-refractivity contribution in [1.82, 2.24) is 5.32 Å². The highest BCUT2D eigenvalue weighted by atomic mass is 16.5. The number of anilines is 1. The van der Waals surface area contributed by atoms with Crippen LogP contribution in [0.3, 0.4) is 0 Å². The van der Waals surface area contributed by atoms with Crippen molar-refractivity contribution in [2.45, 2.75) is 59.6 Å². The number of rotatable bonds is 8. The Labute approximate surface area is 167 Å². The van der Waals surface area contributed by atoms with Crippen molar-refractivity contribution in [3.8, 4) is 5.75 Å². The number of nitrogens with one attached hydrogen (secondary N) is 2. The van der Waals surface area contributed by atoms with Crippen LogP contribution in [0.1, 0.15) is 55.1 Å². The molecular weight excluding hydrogens is 352 g/mol. The van der Waals surface area contributed by atoms with Crippen LogP contribution in [0, 0.1) is 13.8 Å². The van der Waals surface area contributed by atoms with Gasteiger partial charge in [0.1, 0.15) is 5.75 Å². The third-order valence-electron chi connectivity index (χ3n) is 4.56. The maximum absolute atomic E-state index is 12.8. The Hall–Kier alpha value is -2.82. The standard InChI is InChI=1S/C23H30N2O3/c1-6-17(5)24-22(26)19-10-8-9-11-20(19)25-23(27)21(7-2)28-18-13-15(3)12-16(4)14-18/h8-14,17,21H,6-7H2,1-5H3,(H,24,26)(H,25,27)/t17-,21-/m0/s1. The zero-order chi connectivity index (χ0) is 20.7. The van der Waals surface area contributed by atoms with Gasteiger partial charge in [-0.3, -0.25) is 9.59 Å². The van der Waals surface area contributed by atoms with Gasteiger partial charge in [0.05, 0.1) is 11.3 Å². The molecule has 0 aliphatic carbocycles. The maximum Gasteiger partial charge on any atom is 0.265 e. The van der Waals surface area contributed by atoms with Crippen molar-refractivity contribution >= 4 is 17.5 Å². The number of hydrogen-bond acceptors (Lipinski definition) is 3. The smallest absolute Gasteiger partial charge is 0.265 e. The molecule has 0 saturated carbocycles. The summed E-state index contributed by atoms with van der Waals surface area (Å²) in [7, 11) is 0. The minimum absolute atomic E-state index is 0.0625. The lowest BCUT2D eigenvalue weighted by molar-refractivity contribution is -0.122. The van der Waals surface area contributed by atoms with E-state index in [2.05, 4.69) is 16.7 Å². The summed E-state index contributed by atoms with van der Waals surface area (Å²) in [5.41, 5.74) is 3.09. The molecule has 2 atom stereocenters. The van der Waals surface area contributed by atoms with Crippen molar-refractivity contribution in [2.24, 2.45) is 0 Å². The summed E-state index contributed by atoms with van der Waals surface area (Å²) in [6.45, 7) is 9.84. The van der Waals surface area contributed by atoms with Gasteiger partial charge >= 0.3 is 0 Å². The Bertz CT molecular complexity index is 812. The van der Waals surface area contributed by atoms with E-state index in [1.807, 2.05) is 46.8 Å². The summed E-state index contributed by atoms with van der Waals surface area (Å²) in [5, 5.41) is 5.79. The van der Waals surface area contributed by atoms with Gasteiger partial charge in [0.25, 0.3) is 11.8 Å². The third kappa shape index (κ3) is 5.84. The molecule has 0 bridgehead atoms. The first-order chi connectivity index (χ1) is 13.3. The summed E-state index contributed by atoms with van der Waals surface area (Å²) in [6, 6.07) is 13.0. The molecule has 5 nitrogen and oxygen atoms in total. The fourth-order valence-electron chi connectivity index (χ4n) is 2.89. The Morgan fingerprint density at radius 3 is 2.25 bits per heavy atom. The highest BCUT2D eigenvalue weighted by molar-refractivity contribution is 6.04. The number of benzene rings is 2. The molecule has 2 amide bonds. The van der Waals surface area contributed by atoms with Gasteiger partial charge in [-0.2, -0.15) is 0 Å². The van der Waals surface area contributed by atoms with E-state index in [0.717, 1.165) is 17.5 Å². The lowest BCUT2D eigenvalue weighted by Crippen LogP contribution is -2.35. The third-order valence-corrected chi connectivity index (χ3v) is 4.56. The Morgan fingerprint density at radius 1 is 1.00 bits per heavy atom. The fourth-order valence-corrected chi connectivity index (χ4v) is 2.89. The molecule has 2 aromatic rings. The van der Waals surface area contributed by atoms with Gasteiger partial charge in [-0.05, 0) is 69.0 Å². The molecule has 0 unspecified atom stereocenters. The quantitative estimate of drug-likeness (QED) is 0.699. The molecule has 0 aromatic heterocycles. The molecule has 0 radical (unpaired) electrons. The van der Waals surface area contributed by atoms with Gasteiger partial charge in [-0.25, -0.2) is 0 Å². The zero-order valence-corrected chi connectivity index (χ0v) is 17.3. The van der Waals surface area contributed by atoms with Crippen LogP contribution in [0.5, 0.6) is 5.75 Å². The van der Waals surface area contributed by atoms with Gasteiger partial charge < -0.3 is 15.4 Å². The van der Waals surface area contributed by atoms with Crippen LogP contribution in [0.15, 0.2) is 42.5 Å². The first-order valence-electron chi connectivity index (χ1n) is 9.79. The van der Waals surface area contributed by atoms with E-state index in [1.165, 1.54) is 0 Å². The van der Waals surface area contributed by atoms with Gasteiger partial charge in [0.15, 0.2) is 6.10 Å². The molecule has 0 saturated heterocycles. The highest BCUT2D eigenvalue weighted by Crippen LogP contribution is 2.20. The summed E-state index contributed by atoms with van der Waals surface area (Å²) >= 11 is 0. The van der Waals surface area contributed by atoms with Gasteiger partial charge in [-0.1, -0.05) is 32.0 Å². The van der Waals surface area contributed by atoms with E-state index in [-0.39, 0.29) is 17.9 Å². The predicted octanol–water partition coefficient (Wildman–Crippen LogP) is 4.63. The van der Waals surface area contributed by atoms with Crippen LogP contribution in [0.25, 0.3) is 0 Å². The average molecular weight is 383 g/mol. The molecule has 0 aliphatic rings. The Morgan fingerprint density at radius 2 is 1.64 bits per heavy atom. The number of carbonyl (C=O) groups is 2. The van der Waals surface area contributed by atoms with Crippen molar-refractivity contribution < 1.29 is 14.3 Å². The van der Waals surface area contributed by atoms with Crippen molar-refractivity contribution in [3.05, 3.63) is 59.2 Å². The second-order valence-electron chi connectivity index (χ2n) is 7.16. The number of para-hydroxylation sites is 1. The van der Waals surface area contributed by atoms with Gasteiger partial charge in [0, 0.05) is 6.04 Å². The lowest BCUT2D eigenvalue weighted by atomic mass is 10.1. The summed E-state index contributed by atoms with van der Waals surface area (Å²) in [6.07, 6.45) is 0.703. The molecule has 28 heavy (non-hydrogen) atoms. The molecule has 2 rings (SSSR count). The molecule has 0 heterocycles. The molecule has 0 spiro atoms. The number of aryl methyl sites for hydroxylation is 2. The van der Waals surface area contributed by atoms with E-state index in [0.29, 0.717) is 23.4 Å². The molecule has 150 valence electrons. The van der Waals surface area contributed by atoms with Crippen LogP contribution >= 0.6 is 0 Å². The molecule has 0 aliphatic heterocycles. The van der Waals surface area contributed by atoms with Crippen LogP contribution in [0.4, 0.5) is 5.69 Å². The van der Waals surface area contributed by atoms with Gasteiger partial charge in [0.2, 0.25) is 0 Å². The topological polar surface area (TPSA) is 67.4 Å². The molecule has 5 heteroatoms. The van der Waals surface area contributed by atoms with Crippen molar-refractivity contribution in [2.75, 3.05) is 5.32 Å². The van der Waals surface area contributed by atoms with Crippen LogP contribution in [-0.4, -0.2) is 24.0 Å². The number of hydrogen-bond donors (Lipinski definition) is 2. The monoisotopic (exact) mass is 382 g/mol. The van der Waals surface area contributed by atoms with E-state index < -0.39 is 6.10 Å². The van der Waals surface area contributed by atoms with E-state index in [1.54, 1.807) is 24.3 Å². The highest BCUT2D eigenvalue weighted by Gasteiger charge is 2.21. The summed E-state index contributed by atoms with van der Waals surface area (Å²) < 4.78 is 5.93. The van der Waals surface area contributed by atoms with Crippen molar-refractivity contribution in [3.63, 3.8) is 0 Å². The summed E-state index contributed by atoms with van der Waals surface area (Å²) in [4.78, 5) is 25.3. The second kappa shape index (κ2) is 9.93. The van der Waals surface area contributed by atoms with Crippen LogP contribution in [-0.2, 0) is 4.79 Å². The fraction of sp³-hybridized carbons (Fsp3) is 0.391.